The Morgan fingerprint density at radius 1 is 0.983 bits per heavy atom. The third kappa shape index (κ3) is 8.51. The van der Waals surface area contributed by atoms with Gasteiger partial charge in [-0.15, -0.1) is 0 Å². The van der Waals surface area contributed by atoms with E-state index in [-0.39, 0.29) is 29.6 Å². The lowest BCUT2D eigenvalue weighted by molar-refractivity contribution is -0.161. The van der Waals surface area contributed by atoms with Crippen LogP contribution in [-0.4, -0.2) is 76.7 Å². The first-order valence-corrected chi connectivity index (χ1v) is 21.3. The minimum absolute atomic E-state index is 0.00731. The van der Waals surface area contributed by atoms with Gasteiger partial charge in [-0.25, -0.2) is 9.97 Å². The number of hydrogen-bond acceptors (Lipinski definition) is 10. The number of aromatic nitrogens is 3. The summed E-state index contributed by atoms with van der Waals surface area (Å²) >= 11 is 0. The molecule has 4 atom stereocenters. The number of methoxy groups -OCH3 is 2. The summed E-state index contributed by atoms with van der Waals surface area (Å²) in [6, 6.07) is 14.5. The molecular weight excluding hydrogens is 731 g/mol. The van der Waals surface area contributed by atoms with Crippen molar-refractivity contribution < 1.29 is 23.7 Å². The zero-order valence-corrected chi connectivity index (χ0v) is 35.4. The van der Waals surface area contributed by atoms with E-state index in [9.17, 15) is 4.79 Å². The average Bonchev–Trinajstić information content (AvgIpc) is 3.82. The highest BCUT2D eigenvalue weighted by molar-refractivity contribution is 5.94. The molecule has 0 spiro atoms. The quantitative estimate of drug-likeness (QED) is 0.101. The summed E-state index contributed by atoms with van der Waals surface area (Å²) in [7, 11) is 3.32. The Kier molecular flexibility index (Phi) is 11.4. The molecule has 3 saturated carbocycles. The van der Waals surface area contributed by atoms with Gasteiger partial charge in [-0.3, -0.25) is 9.69 Å². The SMILES string of the molecule is COc1ccc(CNc2ncnc3c2ccn3[C@@H]2C[C@H](CN(CC3CCC3)C3CC(CCC(=O)Nc4cc(C(C)(C)C)ccc4N)C3)[C@H]3OC(C)(C)O[C@H]32)c(OC)c1. The fraction of sp³-hybridized carbons (Fsp3) is 0.587. The second-order valence-electron chi connectivity index (χ2n) is 18.7. The highest BCUT2D eigenvalue weighted by Gasteiger charge is 2.55. The summed E-state index contributed by atoms with van der Waals surface area (Å²) in [5, 5.41) is 7.61. The van der Waals surface area contributed by atoms with Crippen molar-refractivity contribution in [2.75, 3.05) is 43.7 Å². The standard InChI is InChI=1S/C46H63N7O5/c1-45(2,3)32-13-15-36(47)37(22-32)51-40(54)16-11-29-19-33(20-29)52(25-28-9-8-10-28)26-31-21-38(42-41(31)57-46(4,5)58-42)53-18-17-35-43(49-27-50-44(35)53)48-24-30-12-14-34(55-6)23-39(30)56-7/h12-15,17-18,22-23,27-29,31,33,38,41-42H,8-11,16,19-21,24-26,47H2,1-7H3,(H,51,54)(H,48,49,50)/t29?,31-,33?,38-,41-,42+/m1/s1. The van der Waals surface area contributed by atoms with E-state index < -0.39 is 5.79 Å². The Labute approximate surface area is 343 Å². The molecule has 0 bridgehead atoms. The summed E-state index contributed by atoms with van der Waals surface area (Å²) in [5.41, 5.74) is 10.6. The van der Waals surface area contributed by atoms with Gasteiger partial charge in [-0.2, -0.15) is 0 Å². The average molecular weight is 794 g/mol. The maximum atomic E-state index is 13.1. The molecule has 2 aromatic heterocycles. The number of nitrogens with two attached hydrogens (primary N) is 1. The number of benzene rings is 2. The van der Waals surface area contributed by atoms with Gasteiger partial charge in [-0.1, -0.05) is 33.3 Å². The molecule has 1 saturated heterocycles. The van der Waals surface area contributed by atoms with E-state index in [1.165, 1.54) is 19.3 Å². The molecule has 0 radical (unpaired) electrons. The van der Waals surface area contributed by atoms with E-state index >= 15 is 0 Å². The Hall–Kier alpha value is -4.39. The molecule has 4 N–H and O–H groups in total. The fourth-order valence-electron chi connectivity index (χ4n) is 9.66. The van der Waals surface area contributed by atoms with Crippen molar-refractivity contribution >= 4 is 34.1 Å². The molecule has 4 aromatic rings. The van der Waals surface area contributed by atoms with Gasteiger partial charge in [0.15, 0.2) is 5.79 Å². The Bertz CT molecular complexity index is 2080. The zero-order valence-electron chi connectivity index (χ0n) is 35.4. The second kappa shape index (κ2) is 16.3. The monoisotopic (exact) mass is 793 g/mol. The first-order valence-electron chi connectivity index (χ1n) is 21.3. The first kappa shape index (κ1) is 40.4. The van der Waals surface area contributed by atoms with Crippen LogP contribution in [0, 0.1) is 17.8 Å². The minimum Gasteiger partial charge on any atom is -0.497 e. The van der Waals surface area contributed by atoms with E-state index in [4.69, 9.17) is 29.7 Å². The third-order valence-corrected chi connectivity index (χ3v) is 13.2. The van der Waals surface area contributed by atoms with Gasteiger partial charge in [0.1, 0.15) is 35.4 Å². The number of ether oxygens (including phenoxy) is 4. The van der Waals surface area contributed by atoms with Crippen molar-refractivity contribution in [3.63, 3.8) is 0 Å². The highest BCUT2D eigenvalue weighted by atomic mass is 16.8. The van der Waals surface area contributed by atoms with Crippen LogP contribution in [-0.2, 0) is 26.2 Å². The summed E-state index contributed by atoms with van der Waals surface area (Å²) in [6.07, 6.45) is 12.3. The van der Waals surface area contributed by atoms with Gasteiger partial charge >= 0.3 is 0 Å². The zero-order chi connectivity index (χ0) is 40.8. The molecule has 3 heterocycles. The summed E-state index contributed by atoms with van der Waals surface area (Å²) in [5.74, 6) is 3.30. The number of amides is 1. The Morgan fingerprint density at radius 3 is 2.50 bits per heavy atom. The van der Waals surface area contributed by atoms with Crippen LogP contribution in [0.1, 0.15) is 103 Å². The maximum absolute atomic E-state index is 13.1. The molecule has 1 amide bonds. The van der Waals surface area contributed by atoms with Crippen LogP contribution in [0.25, 0.3) is 11.0 Å². The van der Waals surface area contributed by atoms with Crippen molar-refractivity contribution in [1.29, 1.82) is 0 Å². The highest BCUT2D eigenvalue weighted by Crippen LogP contribution is 2.49. The molecule has 12 heteroatoms. The van der Waals surface area contributed by atoms with Crippen LogP contribution in [0.2, 0.25) is 0 Å². The molecule has 312 valence electrons. The van der Waals surface area contributed by atoms with E-state index in [1.54, 1.807) is 20.5 Å². The van der Waals surface area contributed by atoms with Crippen molar-refractivity contribution in [3.05, 3.63) is 66.1 Å². The number of carbonyl (C=O) groups excluding carboxylic acids is 1. The van der Waals surface area contributed by atoms with Crippen LogP contribution in [0.15, 0.2) is 55.0 Å². The number of rotatable bonds is 15. The molecule has 58 heavy (non-hydrogen) atoms. The smallest absolute Gasteiger partial charge is 0.224 e. The number of nitrogens with one attached hydrogen (secondary N) is 2. The molecule has 4 aliphatic rings. The first-order chi connectivity index (χ1) is 27.8. The van der Waals surface area contributed by atoms with Crippen LogP contribution >= 0.6 is 0 Å². The van der Waals surface area contributed by atoms with Gasteiger partial charge in [0, 0.05) is 55.8 Å². The van der Waals surface area contributed by atoms with Gasteiger partial charge < -0.3 is 39.9 Å². The molecule has 12 nitrogen and oxygen atoms in total. The lowest BCUT2D eigenvalue weighted by atomic mass is 9.75. The predicted molar refractivity (Wildman–Crippen MR) is 228 cm³/mol. The number of nitrogen functional groups attached to an aromatic ring is 1. The molecule has 1 aliphatic heterocycles. The van der Waals surface area contributed by atoms with Crippen molar-refractivity contribution in [3.8, 4) is 11.5 Å². The predicted octanol–water partition coefficient (Wildman–Crippen LogP) is 8.32. The summed E-state index contributed by atoms with van der Waals surface area (Å²) in [4.78, 5) is 25.3. The molecule has 8 rings (SSSR count). The van der Waals surface area contributed by atoms with E-state index in [0.29, 0.717) is 42.2 Å². The number of nitrogens with zero attached hydrogens (tertiary/aromatic N) is 4. The van der Waals surface area contributed by atoms with Crippen LogP contribution in [0.5, 0.6) is 11.5 Å². The molecule has 3 aliphatic carbocycles. The van der Waals surface area contributed by atoms with Crippen molar-refractivity contribution in [2.45, 2.75) is 128 Å². The second-order valence-corrected chi connectivity index (χ2v) is 18.7. The Balaban J connectivity index is 0.927. The number of anilines is 3. The molecule has 4 fully saturated rings. The largest absolute Gasteiger partial charge is 0.497 e. The third-order valence-electron chi connectivity index (χ3n) is 13.2. The topological polar surface area (TPSA) is 138 Å². The summed E-state index contributed by atoms with van der Waals surface area (Å²) < 4.78 is 26.8. The normalized spacial score (nSPS) is 25.3. The van der Waals surface area contributed by atoms with Gasteiger partial charge in [-0.05, 0) is 106 Å². The van der Waals surface area contributed by atoms with E-state index in [1.807, 2.05) is 50.2 Å². The Morgan fingerprint density at radius 2 is 1.78 bits per heavy atom. The fourth-order valence-corrected chi connectivity index (χ4v) is 9.66. The van der Waals surface area contributed by atoms with E-state index in [0.717, 1.165) is 84.2 Å². The lowest BCUT2D eigenvalue weighted by Crippen LogP contribution is -2.50. The number of carbonyl (C=O) groups is 1. The minimum atomic E-state index is -0.659. The number of fused-ring (bicyclic) bond motifs is 2. The van der Waals surface area contributed by atoms with Crippen LogP contribution < -0.4 is 25.8 Å². The van der Waals surface area contributed by atoms with E-state index in [2.05, 4.69) is 58.1 Å². The van der Waals surface area contributed by atoms with Gasteiger partial charge in [0.2, 0.25) is 5.91 Å². The molecule has 0 unspecified atom stereocenters. The molecule has 2 aromatic carbocycles. The van der Waals surface area contributed by atoms with Gasteiger partial charge in [0.25, 0.3) is 0 Å². The van der Waals surface area contributed by atoms with Crippen molar-refractivity contribution in [2.24, 2.45) is 17.8 Å². The number of hydrogen-bond donors (Lipinski definition) is 3. The maximum Gasteiger partial charge on any atom is 0.224 e. The van der Waals surface area contributed by atoms with Crippen LogP contribution in [0.3, 0.4) is 0 Å². The molecular formula is C46H63N7O5. The lowest BCUT2D eigenvalue weighted by Gasteiger charge is -2.46. The van der Waals surface area contributed by atoms with Crippen LogP contribution in [0.4, 0.5) is 17.2 Å². The van der Waals surface area contributed by atoms with Gasteiger partial charge in [0.05, 0.1) is 43.1 Å². The van der Waals surface area contributed by atoms with Crippen molar-refractivity contribution in [1.82, 2.24) is 19.4 Å². The summed E-state index contributed by atoms with van der Waals surface area (Å²) in [6.45, 7) is 13.2.